The van der Waals surface area contributed by atoms with Crippen molar-refractivity contribution in [3.05, 3.63) is 52.1 Å². The van der Waals surface area contributed by atoms with Gasteiger partial charge in [0.2, 0.25) is 5.88 Å². The predicted octanol–water partition coefficient (Wildman–Crippen LogP) is 2.43. The topological polar surface area (TPSA) is 61.0 Å². The molecule has 0 saturated heterocycles. The number of nitrogens with zero attached hydrogens (tertiary/aromatic N) is 2. The van der Waals surface area contributed by atoms with E-state index < -0.39 is 6.04 Å². The van der Waals surface area contributed by atoms with Gasteiger partial charge in [-0.3, -0.25) is 4.98 Å². The van der Waals surface area contributed by atoms with Gasteiger partial charge in [0.25, 0.3) is 0 Å². The van der Waals surface area contributed by atoms with Crippen molar-refractivity contribution in [3.63, 3.8) is 0 Å². The summed E-state index contributed by atoms with van der Waals surface area (Å²) in [6, 6.07) is 4.07. The van der Waals surface area contributed by atoms with Crippen LogP contribution in [0.2, 0.25) is 0 Å². The van der Waals surface area contributed by atoms with Gasteiger partial charge in [0.05, 0.1) is 17.6 Å². The summed E-state index contributed by atoms with van der Waals surface area (Å²) in [5.41, 5.74) is 7.14. The Balaban J connectivity index is 2.48. The lowest BCUT2D eigenvalue weighted by atomic mass is 10.0. The van der Waals surface area contributed by atoms with Crippen LogP contribution in [0.25, 0.3) is 0 Å². The van der Waals surface area contributed by atoms with E-state index in [2.05, 4.69) is 25.9 Å². The van der Waals surface area contributed by atoms with Gasteiger partial charge in [0, 0.05) is 12.4 Å². The molecule has 2 aromatic rings. The van der Waals surface area contributed by atoms with Gasteiger partial charge < -0.3 is 10.5 Å². The van der Waals surface area contributed by atoms with E-state index in [1.54, 1.807) is 12.1 Å². The molecule has 0 spiro atoms. The second-order valence-electron chi connectivity index (χ2n) is 3.57. The molecule has 1 aromatic carbocycles. The molecule has 0 aliphatic rings. The number of ether oxygens (including phenoxy) is 1. The fraction of sp³-hybridized carbons (Fsp3) is 0.167. The van der Waals surface area contributed by atoms with Crippen molar-refractivity contribution in [2.45, 2.75) is 6.04 Å². The Hall–Kier alpha value is -1.53. The molecular formula is C12H11BrFN3O. The van der Waals surface area contributed by atoms with Crippen molar-refractivity contribution in [2.75, 3.05) is 7.11 Å². The van der Waals surface area contributed by atoms with Crippen LogP contribution in [0.1, 0.15) is 17.3 Å². The van der Waals surface area contributed by atoms with Crippen molar-refractivity contribution < 1.29 is 9.13 Å². The average Bonchev–Trinajstić information content (AvgIpc) is 2.41. The Morgan fingerprint density at radius 2 is 2.06 bits per heavy atom. The minimum atomic E-state index is -0.612. The van der Waals surface area contributed by atoms with Crippen molar-refractivity contribution in [1.82, 2.24) is 9.97 Å². The first-order valence-corrected chi connectivity index (χ1v) is 5.98. The molecule has 0 fully saturated rings. The summed E-state index contributed by atoms with van der Waals surface area (Å²) < 4.78 is 18.9. The number of aromatic nitrogens is 2. The summed E-state index contributed by atoms with van der Waals surface area (Å²) in [6.45, 7) is 0. The van der Waals surface area contributed by atoms with Crippen LogP contribution in [0.4, 0.5) is 4.39 Å². The lowest BCUT2D eigenvalue weighted by Gasteiger charge is -2.15. The zero-order chi connectivity index (χ0) is 13.1. The second-order valence-corrected chi connectivity index (χ2v) is 4.36. The van der Waals surface area contributed by atoms with Gasteiger partial charge in [0.15, 0.2) is 0 Å². The average molecular weight is 312 g/mol. The highest BCUT2D eigenvalue weighted by molar-refractivity contribution is 9.10. The number of nitrogens with two attached hydrogens (primary N) is 1. The van der Waals surface area contributed by atoms with Gasteiger partial charge >= 0.3 is 0 Å². The molecule has 0 saturated carbocycles. The van der Waals surface area contributed by atoms with Gasteiger partial charge in [-0.1, -0.05) is 12.1 Å². The maximum absolute atomic E-state index is 13.5. The van der Waals surface area contributed by atoms with Crippen LogP contribution in [0, 0.1) is 5.82 Å². The summed E-state index contributed by atoms with van der Waals surface area (Å²) in [5.74, 6) is -0.0352. The first-order valence-electron chi connectivity index (χ1n) is 5.19. The fourth-order valence-corrected chi connectivity index (χ4v) is 2.13. The van der Waals surface area contributed by atoms with E-state index in [0.717, 1.165) is 0 Å². The van der Waals surface area contributed by atoms with E-state index in [-0.39, 0.29) is 5.82 Å². The molecule has 1 heterocycles. The number of hydrogen-bond donors (Lipinski definition) is 1. The van der Waals surface area contributed by atoms with E-state index in [9.17, 15) is 4.39 Å². The first kappa shape index (κ1) is 12.9. The molecule has 0 bridgehead atoms. The fourth-order valence-electron chi connectivity index (χ4n) is 1.61. The van der Waals surface area contributed by atoms with Crippen LogP contribution in [-0.4, -0.2) is 17.1 Å². The van der Waals surface area contributed by atoms with Crippen LogP contribution in [0.15, 0.2) is 35.1 Å². The number of rotatable bonds is 3. The van der Waals surface area contributed by atoms with Gasteiger partial charge in [-0.25, -0.2) is 9.37 Å². The van der Waals surface area contributed by atoms with Gasteiger partial charge in [-0.2, -0.15) is 0 Å². The Kier molecular flexibility index (Phi) is 3.88. The lowest BCUT2D eigenvalue weighted by molar-refractivity contribution is 0.387. The molecule has 0 aliphatic carbocycles. The van der Waals surface area contributed by atoms with E-state index >= 15 is 0 Å². The van der Waals surface area contributed by atoms with Crippen LogP contribution >= 0.6 is 15.9 Å². The molecule has 1 aromatic heterocycles. The second kappa shape index (κ2) is 5.41. The van der Waals surface area contributed by atoms with E-state index in [1.807, 2.05) is 0 Å². The highest BCUT2D eigenvalue weighted by Crippen LogP contribution is 2.30. The highest BCUT2D eigenvalue weighted by atomic mass is 79.9. The molecule has 1 unspecified atom stereocenters. The third-order valence-electron chi connectivity index (χ3n) is 2.50. The number of methoxy groups -OCH3 is 1. The van der Waals surface area contributed by atoms with Crippen LogP contribution in [-0.2, 0) is 0 Å². The monoisotopic (exact) mass is 311 g/mol. The summed E-state index contributed by atoms with van der Waals surface area (Å²) in [5, 5.41) is 0. The molecule has 0 aliphatic heterocycles. The Bertz CT molecular complexity index is 565. The molecule has 18 heavy (non-hydrogen) atoms. The molecule has 0 radical (unpaired) electrons. The van der Waals surface area contributed by atoms with Crippen molar-refractivity contribution >= 4 is 15.9 Å². The highest BCUT2D eigenvalue weighted by Gasteiger charge is 2.20. The minimum absolute atomic E-state index is 0.324. The van der Waals surface area contributed by atoms with E-state index in [1.165, 1.54) is 25.6 Å². The number of benzene rings is 1. The SMILES string of the molecule is COc1nccnc1C(N)c1cccc(F)c1Br. The van der Waals surface area contributed by atoms with Gasteiger partial charge in [-0.15, -0.1) is 0 Å². The molecule has 2 rings (SSSR count). The zero-order valence-electron chi connectivity index (χ0n) is 9.60. The first-order chi connectivity index (χ1) is 8.65. The Morgan fingerprint density at radius 3 is 2.78 bits per heavy atom. The summed E-state index contributed by atoms with van der Waals surface area (Å²) in [7, 11) is 1.49. The third-order valence-corrected chi connectivity index (χ3v) is 3.33. The molecule has 0 amide bonds. The number of hydrogen-bond acceptors (Lipinski definition) is 4. The summed E-state index contributed by atoms with van der Waals surface area (Å²) in [4.78, 5) is 8.16. The largest absolute Gasteiger partial charge is 0.480 e. The molecule has 1 atom stereocenters. The predicted molar refractivity (Wildman–Crippen MR) is 68.7 cm³/mol. The van der Waals surface area contributed by atoms with E-state index in [4.69, 9.17) is 10.5 Å². The summed E-state index contributed by atoms with van der Waals surface area (Å²) in [6.07, 6.45) is 3.03. The summed E-state index contributed by atoms with van der Waals surface area (Å²) >= 11 is 3.18. The molecule has 6 heteroatoms. The van der Waals surface area contributed by atoms with Crippen molar-refractivity contribution in [3.8, 4) is 5.88 Å². The van der Waals surface area contributed by atoms with Crippen LogP contribution < -0.4 is 10.5 Å². The normalized spacial score (nSPS) is 12.2. The van der Waals surface area contributed by atoms with Crippen molar-refractivity contribution in [2.24, 2.45) is 5.73 Å². The Labute approximate surface area is 112 Å². The van der Waals surface area contributed by atoms with Crippen LogP contribution in [0.5, 0.6) is 5.88 Å². The maximum Gasteiger partial charge on any atom is 0.237 e. The number of halogens is 2. The van der Waals surface area contributed by atoms with Crippen molar-refractivity contribution in [1.29, 1.82) is 0 Å². The molecule has 94 valence electrons. The maximum atomic E-state index is 13.5. The standard InChI is InChI=1S/C12H11BrFN3O/c1-18-12-11(16-5-6-17-12)10(15)7-3-2-4-8(14)9(7)13/h2-6,10H,15H2,1H3. The lowest BCUT2D eigenvalue weighted by Crippen LogP contribution is -2.16. The van der Waals surface area contributed by atoms with Crippen LogP contribution in [0.3, 0.4) is 0 Å². The third kappa shape index (κ3) is 2.34. The zero-order valence-corrected chi connectivity index (χ0v) is 11.2. The molecule has 4 nitrogen and oxygen atoms in total. The molecular weight excluding hydrogens is 301 g/mol. The quantitative estimate of drug-likeness (QED) is 0.945. The molecule has 2 N–H and O–H groups in total. The van der Waals surface area contributed by atoms with Gasteiger partial charge in [-0.05, 0) is 27.6 Å². The van der Waals surface area contributed by atoms with Gasteiger partial charge in [0.1, 0.15) is 11.5 Å². The smallest absolute Gasteiger partial charge is 0.237 e. The Morgan fingerprint density at radius 1 is 1.33 bits per heavy atom. The van der Waals surface area contributed by atoms with E-state index in [0.29, 0.717) is 21.6 Å². The minimum Gasteiger partial charge on any atom is -0.480 e.